The second-order valence-electron chi connectivity index (χ2n) is 3.42. The van der Waals surface area contributed by atoms with E-state index in [1.807, 2.05) is 24.3 Å². The first-order chi connectivity index (χ1) is 7.63. The molecule has 4 nitrogen and oxygen atoms in total. The number of H-pyrrole nitrogens is 2. The Hall–Kier alpha value is -1.62. The fraction of sp³-hybridized carbons (Fsp3) is 0.0909. The zero-order valence-electron chi connectivity index (χ0n) is 8.29. The minimum Gasteiger partial charge on any atom is -0.311 e. The van der Waals surface area contributed by atoms with Crippen molar-refractivity contribution in [1.29, 1.82) is 0 Å². The molecule has 0 unspecified atom stereocenters. The molecule has 0 fully saturated rings. The monoisotopic (exact) mass is 280 g/mol. The van der Waals surface area contributed by atoms with E-state index >= 15 is 0 Å². The van der Waals surface area contributed by atoms with Crippen LogP contribution in [0.15, 0.2) is 44.4 Å². The van der Waals surface area contributed by atoms with Crippen LogP contribution in [0.1, 0.15) is 11.3 Å². The number of hydrogen-bond acceptors (Lipinski definition) is 2. The summed E-state index contributed by atoms with van der Waals surface area (Å²) in [7, 11) is 0. The van der Waals surface area contributed by atoms with Gasteiger partial charge in [-0.2, -0.15) is 0 Å². The molecule has 1 heterocycles. The maximum absolute atomic E-state index is 11.1. The molecular weight excluding hydrogens is 272 g/mol. The minimum atomic E-state index is -0.473. The standard InChI is InChI=1S/C11H9BrN2O2/c12-8-3-1-7(2-4-8)5-9-6-10(15)14-11(16)13-9/h1-4,6H,5H2,(H2,13,14,15,16). The van der Waals surface area contributed by atoms with Crippen molar-refractivity contribution >= 4 is 15.9 Å². The normalized spacial score (nSPS) is 10.3. The summed E-state index contributed by atoms with van der Waals surface area (Å²) in [6.07, 6.45) is 0.534. The molecule has 0 spiro atoms. The predicted molar refractivity (Wildman–Crippen MR) is 64.6 cm³/mol. The van der Waals surface area contributed by atoms with Gasteiger partial charge in [0.05, 0.1) is 0 Å². The summed E-state index contributed by atoms with van der Waals surface area (Å²) >= 11 is 3.34. The zero-order chi connectivity index (χ0) is 11.5. The average Bonchev–Trinajstić information content (AvgIpc) is 2.20. The van der Waals surface area contributed by atoms with E-state index in [1.54, 1.807) is 0 Å². The van der Waals surface area contributed by atoms with Crippen LogP contribution in [0.25, 0.3) is 0 Å². The van der Waals surface area contributed by atoms with E-state index < -0.39 is 5.69 Å². The molecule has 2 aromatic rings. The van der Waals surface area contributed by atoms with Gasteiger partial charge in [-0.15, -0.1) is 0 Å². The Morgan fingerprint density at radius 1 is 1.06 bits per heavy atom. The summed E-state index contributed by atoms with van der Waals surface area (Å²) in [5, 5.41) is 0. The third-order valence-corrected chi connectivity index (χ3v) is 2.65. The molecule has 0 aliphatic rings. The van der Waals surface area contributed by atoms with Gasteiger partial charge in [0.2, 0.25) is 0 Å². The first kappa shape index (κ1) is 10.9. The van der Waals surface area contributed by atoms with Crippen LogP contribution in [0, 0.1) is 0 Å². The van der Waals surface area contributed by atoms with Crippen LogP contribution in [0.3, 0.4) is 0 Å². The number of aromatic nitrogens is 2. The third-order valence-electron chi connectivity index (χ3n) is 2.12. The van der Waals surface area contributed by atoms with Crippen molar-refractivity contribution in [1.82, 2.24) is 9.97 Å². The van der Waals surface area contributed by atoms with Crippen molar-refractivity contribution in [2.75, 3.05) is 0 Å². The molecule has 16 heavy (non-hydrogen) atoms. The van der Waals surface area contributed by atoms with Gasteiger partial charge < -0.3 is 4.98 Å². The molecule has 0 aliphatic carbocycles. The Kier molecular flexibility index (Phi) is 3.05. The summed E-state index contributed by atoms with van der Waals surface area (Å²) in [5.41, 5.74) is 0.788. The Bertz CT molecular complexity index is 570. The molecule has 2 N–H and O–H groups in total. The maximum Gasteiger partial charge on any atom is 0.325 e. The molecule has 82 valence electrons. The molecule has 0 radical (unpaired) electrons. The summed E-state index contributed by atoms with van der Waals surface area (Å²) < 4.78 is 0.996. The zero-order valence-corrected chi connectivity index (χ0v) is 9.87. The van der Waals surface area contributed by atoms with Gasteiger partial charge in [-0.25, -0.2) is 4.79 Å². The fourth-order valence-electron chi connectivity index (χ4n) is 1.44. The van der Waals surface area contributed by atoms with Gasteiger partial charge in [0.15, 0.2) is 0 Å². The lowest BCUT2D eigenvalue weighted by atomic mass is 10.1. The smallest absolute Gasteiger partial charge is 0.311 e. The molecule has 0 amide bonds. The van der Waals surface area contributed by atoms with Crippen LogP contribution < -0.4 is 11.2 Å². The molecule has 0 bridgehead atoms. The van der Waals surface area contributed by atoms with Crippen molar-refractivity contribution < 1.29 is 0 Å². The van der Waals surface area contributed by atoms with Crippen LogP contribution in [-0.4, -0.2) is 9.97 Å². The van der Waals surface area contributed by atoms with Crippen molar-refractivity contribution in [3.8, 4) is 0 Å². The van der Waals surface area contributed by atoms with E-state index in [9.17, 15) is 9.59 Å². The highest BCUT2D eigenvalue weighted by Crippen LogP contribution is 2.12. The van der Waals surface area contributed by atoms with E-state index in [-0.39, 0.29) is 5.56 Å². The molecule has 2 rings (SSSR count). The van der Waals surface area contributed by atoms with Gasteiger partial charge in [-0.1, -0.05) is 28.1 Å². The van der Waals surface area contributed by atoms with E-state index in [1.165, 1.54) is 6.07 Å². The summed E-state index contributed by atoms with van der Waals surface area (Å²) in [6, 6.07) is 9.10. The second kappa shape index (κ2) is 4.49. The van der Waals surface area contributed by atoms with E-state index in [2.05, 4.69) is 25.9 Å². The van der Waals surface area contributed by atoms with Crippen LogP contribution in [0.5, 0.6) is 0 Å². The number of nitrogens with one attached hydrogen (secondary N) is 2. The first-order valence-electron chi connectivity index (χ1n) is 4.70. The first-order valence-corrected chi connectivity index (χ1v) is 5.50. The van der Waals surface area contributed by atoms with Crippen molar-refractivity contribution in [3.05, 3.63) is 66.9 Å². The van der Waals surface area contributed by atoms with Crippen molar-refractivity contribution in [2.24, 2.45) is 0 Å². The molecule has 1 aromatic carbocycles. The van der Waals surface area contributed by atoms with Crippen molar-refractivity contribution in [2.45, 2.75) is 6.42 Å². The van der Waals surface area contributed by atoms with E-state index in [0.29, 0.717) is 12.1 Å². The van der Waals surface area contributed by atoms with Gasteiger partial charge in [0, 0.05) is 22.7 Å². The van der Waals surface area contributed by atoms with Crippen LogP contribution >= 0.6 is 15.9 Å². The SMILES string of the molecule is O=c1cc(Cc2ccc(Br)cc2)[nH]c(=O)[nH]1. The molecular formula is C11H9BrN2O2. The third kappa shape index (κ3) is 2.70. The Balaban J connectivity index is 2.30. The maximum atomic E-state index is 11.1. The highest BCUT2D eigenvalue weighted by molar-refractivity contribution is 9.10. The fourth-order valence-corrected chi connectivity index (χ4v) is 1.70. The molecule has 0 atom stereocenters. The van der Waals surface area contributed by atoms with E-state index in [4.69, 9.17) is 0 Å². The Labute approximate surface area is 99.5 Å². The highest BCUT2D eigenvalue weighted by atomic mass is 79.9. The van der Waals surface area contributed by atoms with Crippen LogP contribution in [0.2, 0.25) is 0 Å². The molecule has 0 saturated carbocycles. The van der Waals surface area contributed by atoms with Gasteiger partial charge in [0.1, 0.15) is 0 Å². The van der Waals surface area contributed by atoms with Crippen LogP contribution in [-0.2, 0) is 6.42 Å². The van der Waals surface area contributed by atoms with Crippen molar-refractivity contribution in [3.63, 3.8) is 0 Å². The van der Waals surface area contributed by atoms with Gasteiger partial charge in [0.25, 0.3) is 5.56 Å². The quantitative estimate of drug-likeness (QED) is 0.874. The predicted octanol–water partition coefficient (Wildman–Crippen LogP) is 1.42. The molecule has 1 aromatic heterocycles. The van der Waals surface area contributed by atoms with Gasteiger partial charge in [-0.3, -0.25) is 9.78 Å². The minimum absolute atomic E-state index is 0.379. The number of hydrogen-bond donors (Lipinski definition) is 2. The van der Waals surface area contributed by atoms with Gasteiger partial charge in [-0.05, 0) is 17.7 Å². The summed E-state index contributed by atoms with van der Waals surface area (Å²) in [4.78, 5) is 26.8. The number of aromatic amines is 2. The summed E-state index contributed by atoms with van der Waals surface area (Å²) in [6.45, 7) is 0. The second-order valence-corrected chi connectivity index (χ2v) is 4.33. The summed E-state index contributed by atoms with van der Waals surface area (Å²) in [5.74, 6) is 0. The lowest BCUT2D eigenvalue weighted by molar-refractivity contribution is 0.953. The van der Waals surface area contributed by atoms with Gasteiger partial charge >= 0.3 is 5.69 Å². The molecule has 0 aliphatic heterocycles. The highest BCUT2D eigenvalue weighted by Gasteiger charge is 1.99. The Morgan fingerprint density at radius 3 is 2.38 bits per heavy atom. The number of halogens is 1. The number of rotatable bonds is 2. The Morgan fingerprint density at radius 2 is 1.75 bits per heavy atom. The average molecular weight is 281 g/mol. The number of benzene rings is 1. The van der Waals surface area contributed by atoms with E-state index in [0.717, 1.165) is 10.0 Å². The largest absolute Gasteiger partial charge is 0.325 e. The molecule has 5 heteroatoms. The van der Waals surface area contributed by atoms with Crippen LogP contribution in [0.4, 0.5) is 0 Å². The lowest BCUT2D eigenvalue weighted by Gasteiger charge is -2.01. The lowest BCUT2D eigenvalue weighted by Crippen LogP contribution is -2.22. The topological polar surface area (TPSA) is 65.7 Å². The molecule has 0 saturated heterocycles.